The lowest BCUT2D eigenvalue weighted by atomic mass is 10.2. The Bertz CT molecular complexity index is 641. The molecular weight excluding hydrogens is 588 g/mol. The van der Waals surface area contributed by atoms with Crippen LogP contribution in [-0.2, 0) is 37.9 Å². The average molecular weight is 649 g/mol. The Kier molecular flexibility index (Phi) is 33.9. The Balaban J connectivity index is -0.000000273. The molecule has 0 spiro atoms. The van der Waals surface area contributed by atoms with Crippen molar-refractivity contribution in [3.8, 4) is 0 Å². The third kappa shape index (κ3) is 52.3. The maximum Gasteiger partial charge on any atom is 0.519 e. The summed E-state index contributed by atoms with van der Waals surface area (Å²) in [6, 6.07) is 0. The van der Waals surface area contributed by atoms with E-state index in [2.05, 4.69) is 10.1 Å². The van der Waals surface area contributed by atoms with Crippen molar-refractivity contribution in [2.24, 2.45) is 5.73 Å². The highest BCUT2D eigenvalue weighted by Gasteiger charge is 2.24. The number of carbonyl (C=O) groups excluding carboxylic acids is 3. The van der Waals surface area contributed by atoms with E-state index in [4.69, 9.17) is 54.2 Å². The second kappa shape index (κ2) is 30.7. The lowest BCUT2D eigenvalue weighted by molar-refractivity contribution is -0.0294. The molecule has 0 aliphatic heterocycles. The molecule has 0 heterocycles. The molecule has 266 valence electrons. The number of ether oxygens (including phenoxy) is 8. The molecule has 0 fully saturated rings. The molecule has 0 aliphatic rings. The van der Waals surface area contributed by atoms with Crippen molar-refractivity contribution < 1.29 is 67.6 Å². The van der Waals surface area contributed by atoms with Crippen molar-refractivity contribution in [2.45, 2.75) is 79.1 Å². The third-order valence-electron chi connectivity index (χ3n) is 3.34. The van der Waals surface area contributed by atoms with Crippen LogP contribution in [0, 0.1) is 0 Å². The molecule has 0 saturated carbocycles. The molecule has 44 heavy (non-hydrogen) atoms. The van der Waals surface area contributed by atoms with E-state index in [1.807, 2.05) is 20.8 Å². The van der Waals surface area contributed by atoms with Gasteiger partial charge in [0.2, 0.25) is 0 Å². The zero-order valence-electron chi connectivity index (χ0n) is 28.4. The minimum absolute atomic E-state index is 0.0141. The Morgan fingerprint density at radius 3 is 1.23 bits per heavy atom. The van der Waals surface area contributed by atoms with E-state index in [1.165, 1.54) is 0 Å². The van der Waals surface area contributed by atoms with Crippen LogP contribution in [0.5, 0.6) is 0 Å². The number of aliphatic hydroxyl groups is 3. The summed E-state index contributed by atoms with van der Waals surface area (Å²) in [6.07, 6.45) is -2.56. The molecule has 0 aromatic carbocycles. The molecule has 0 aliphatic carbocycles. The van der Waals surface area contributed by atoms with E-state index in [9.17, 15) is 14.4 Å². The third-order valence-corrected chi connectivity index (χ3v) is 3.34. The molecule has 0 aromatic rings. The van der Waals surface area contributed by atoms with Crippen molar-refractivity contribution in [2.75, 3.05) is 86.3 Å². The van der Waals surface area contributed by atoms with Crippen LogP contribution in [0.4, 0.5) is 14.4 Å². The Morgan fingerprint density at radius 1 is 0.568 bits per heavy atom. The van der Waals surface area contributed by atoms with Gasteiger partial charge in [0.15, 0.2) is 0 Å². The topological polar surface area (TPSA) is 224 Å². The van der Waals surface area contributed by atoms with Gasteiger partial charge in [-0.2, -0.15) is 0 Å². The number of nitrogens with one attached hydrogen (secondary N) is 1. The van der Waals surface area contributed by atoms with E-state index >= 15 is 0 Å². The number of carbonyl (C=O) groups is 3. The highest BCUT2D eigenvalue weighted by molar-refractivity contribution is 5.77. The molecule has 1 amide bonds. The van der Waals surface area contributed by atoms with Crippen LogP contribution in [-0.4, -0.2) is 137 Å². The summed E-state index contributed by atoms with van der Waals surface area (Å²) in [7, 11) is 1.00. The van der Waals surface area contributed by atoms with Crippen molar-refractivity contribution in [1.82, 2.24) is 5.32 Å². The van der Waals surface area contributed by atoms with Gasteiger partial charge in [0.05, 0.1) is 66.1 Å². The first-order valence-electron chi connectivity index (χ1n) is 14.1. The van der Waals surface area contributed by atoms with Gasteiger partial charge in [0.25, 0.3) is 0 Å². The van der Waals surface area contributed by atoms with Crippen LogP contribution in [0.25, 0.3) is 0 Å². The zero-order chi connectivity index (χ0) is 35.1. The monoisotopic (exact) mass is 648 g/mol. The van der Waals surface area contributed by atoms with Crippen molar-refractivity contribution in [1.29, 1.82) is 0 Å². The largest absolute Gasteiger partial charge is 0.519 e. The van der Waals surface area contributed by atoms with E-state index in [-0.39, 0.29) is 13.2 Å². The predicted molar refractivity (Wildman–Crippen MR) is 162 cm³/mol. The molecule has 16 heteroatoms. The smallest absolute Gasteiger partial charge is 0.444 e. The lowest BCUT2D eigenvalue weighted by Gasteiger charge is -2.20. The van der Waals surface area contributed by atoms with Gasteiger partial charge in [0.1, 0.15) is 16.8 Å². The first-order chi connectivity index (χ1) is 20.4. The van der Waals surface area contributed by atoms with Crippen LogP contribution < -0.4 is 11.1 Å². The Morgan fingerprint density at radius 2 is 0.909 bits per heavy atom. The molecule has 0 bridgehead atoms. The van der Waals surface area contributed by atoms with Crippen LogP contribution in [0.15, 0.2) is 0 Å². The van der Waals surface area contributed by atoms with E-state index in [0.29, 0.717) is 65.9 Å². The van der Waals surface area contributed by atoms with E-state index in [1.54, 1.807) is 41.5 Å². The summed E-state index contributed by atoms with van der Waals surface area (Å²) in [5.74, 6) is 0. The lowest BCUT2D eigenvalue weighted by Crippen LogP contribution is -2.34. The number of amides is 1. The van der Waals surface area contributed by atoms with Gasteiger partial charge in [-0.1, -0.05) is 0 Å². The fourth-order valence-electron chi connectivity index (χ4n) is 2.01. The van der Waals surface area contributed by atoms with E-state index in [0.717, 1.165) is 7.11 Å². The molecule has 0 atom stereocenters. The molecule has 16 nitrogen and oxygen atoms in total. The highest BCUT2D eigenvalue weighted by Crippen LogP contribution is 2.11. The molecule has 0 radical (unpaired) electrons. The van der Waals surface area contributed by atoms with Gasteiger partial charge >= 0.3 is 18.4 Å². The summed E-state index contributed by atoms with van der Waals surface area (Å²) in [6.45, 7) is 20.1. The summed E-state index contributed by atoms with van der Waals surface area (Å²) >= 11 is 0. The number of rotatable bonds is 15. The van der Waals surface area contributed by atoms with Crippen molar-refractivity contribution in [3.63, 3.8) is 0 Å². The Labute approximate surface area is 262 Å². The number of aliphatic hydroxyl groups excluding tert-OH is 3. The normalized spacial score (nSPS) is 10.9. The maximum absolute atomic E-state index is 11.2. The van der Waals surface area contributed by atoms with Crippen molar-refractivity contribution >= 4 is 18.4 Å². The second-order valence-electron chi connectivity index (χ2n) is 11.1. The molecular formula is C28H60N2O14. The quantitative estimate of drug-likeness (QED) is 0.0741. The zero-order valence-corrected chi connectivity index (χ0v) is 28.4. The fourth-order valence-corrected chi connectivity index (χ4v) is 2.01. The average Bonchev–Trinajstić information content (AvgIpc) is 2.86. The molecule has 0 saturated heterocycles. The molecule has 0 aromatic heterocycles. The number of hydrogen-bond donors (Lipinski definition) is 5. The van der Waals surface area contributed by atoms with Gasteiger partial charge in [-0.3, -0.25) is 0 Å². The van der Waals surface area contributed by atoms with Crippen LogP contribution in [0.3, 0.4) is 0 Å². The minimum atomic E-state index is -1.06. The maximum atomic E-state index is 11.2. The summed E-state index contributed by atoms with van der Waals surface area (Å²) < 4.78 is 38.9. The highest BCUT2D eigenvalue weighted by atomic mass is 16.8. The van der Waals surface area contributed by atoms with Crippen LogP contribution >= 0.6 is 0 Å². The van der Waals surface area contributed by atoms with Crippen molar-refractivity contribution in [3.05, 3.63) is 0 Å². The molecule has 0 unspecified atom stereocenters. The fraction of sp³-hybridized carbons (Fsp3) is 0.893. The van der Waals surface area contributed by atoms with Gasteiger partial charge < -0.3 is 64.3 Å². The second-order valence-corrected chi connectivity index (χ2v) is 11.1. The first-order valence-corrected chi connectivity index (χ1v) is 14.1. The standard InChI is InChI=1S/C11H23NO5.C10H18O5.C6H15NO3.CH4O/c1-11(2,3)17-10(14)12-4-6-15-8-9-16-7-5-13;1-9(2,3)14-7(11)13-8(12)15-10(4,5)6;7-1-3-9-5-6-10-4-2-8;1-2/h13H,4-9H2,1-3H3,(H,12,14);1-6H3;8H,1-7H2;2H,1H3. The number of alkyl carbamates (subject to hydrolysis) is 1. The van der Waals surface area contributed by atoms with Crippen LogP contribution in [0.1, 0.15) is 62.3 Å². The minimum Gasteiger partial charge on any atom is -0.444 e. The summed E-state index contributed by atoms with van der Waals surface area (Å²) in [4.78, 5) is 33.2. The van der Waals surface area contributed by atoms with Gasteiger partial charge in [-0.15, -0.1) is 0 Å². The molecule has 0 rings (SSSR count). The van der Waals surface area contributed by atoms with Crippen LogP contribution in [0.2, 0.25) is 0 Å². The Hall–Kier alpha value is -2.31. The van der Waals surface area contributed by atoms with Gasteiger partial charge in [0, 0.05) is 20.2 Å². The van der Waals surface area contributed by atoms with Gasteiger partial charge in [-0.05, 0) is 62.3 Å². The first kappa shape index (κ1) is 48.6. The van der Waals surface area contributed by atoms with Gasteiger partial charge in [-0.25, -0.2) is 14.4 Å². The summed E-state index contributed by atoms with van der Waals surface area (Å²) in [5, 5.41) is 26.3. The molecule has 6 N–H and O–H groups in total. The number of hydrogen-bond acceptors (Lipinski definition) is 15. The number of nitrogens with two attached hydrogens (primary N) is 1. The SMILES string of the molecule is CC(C)(C)OC(=O)NCCOCCOCCO.CC(C)(C)OC(=O)OC(=O)OC(C)(C)C.CO.NCCOCCOCCO. The summed E-state index contributed by atoms with van der Waals surface area (Å²) in [5.41, 5.74) is 3.29. The predicted octanol–water partition coefficient (Wildman–Crippen LogP) is 1.99. The van der Waals surface area contributed by atoms with E-state index < -0.39 is 35.2 Å².